The predicted octanol–water partition coefficient (Wildman–Crippen LogP) is 1.45. The fraction of sp³-hybridized carbons (Fsp3) is 1.00. The van der Waals surface area contributed by atoms with Crippen LogP contribution in [0.2, 0.25) is 0 Å². The fourth-order valence-corrected chi connectivity index (χ4v) is 2.47. The molecule has 0 saturated heterocycles. The lowest BCUT2D eigenvalue weighted by atomic mass is 10.2. The second-order valence-corrected chi connectivity index (χ2v) is 6.41. The van der Waals surface area contributed by atoms with Gasteiger partial charge in [-0.1, -0.05) is 27.2 Å². The van der Waals surface area contributed by atoms with Crippen molar-refractivity contribution in [2.45, 2.75) is 33.6 Å². The Morgan fingerprint density at radius 3 is 2.36 bits per heavy atom. The summed E-state index contributed by atoms with van der Waals surface area (Å²) in [7, 11) is -2.80. The zero-order valence-corrected chi connectivity index (χ0v) is 10.4. The van der Waals surface area contributed by atoms with Crippen molar-refractivity contribution in [1.82, 2.24) is 5.32 Å². The van der Waals surface area contributed by atoms with Gasteiger partial charge in [0.25, 0.3) is 0 Å². The molecule has 0 saturated carbocycles. The number of hydrogen-bond acceptors (Lipinski definition) is 3. The van der Waals surface area contributed by atoms with E-state index < -0.39 is 9.84 Å². The van der Waals surface area contributed by atoms with Crippen LogP contribution in [0.3, 0.4) is 0 Å². The van der Waals surface area contributed by atoms with Crippen LogP contribution in [0, 0.1) is 5.92 Å². The highest BCUT2D eigenvalue weighted by atomic mass is 32.2. The van der Waals surface area contributed by atoms with Crippen molar-refractivity contribution < 1.29 is 8.42 Å². The van der Waals surface area contributed by atoms with Crippen LogP contribution < -0.4 is 5.32 Å². The molecular weight excluding hydrogens is 198 g/mol. The van der Waals surface area contributed by atoms with Gasteiger partial charge in [0.05, 0.1) is 11.5 Å². The molecule has 0 unspecified atom stereocenters. The van der Waals surface area contributed by atoms with Crippen molar-refractivity contribution in [3.63, 3.8) is 0 Å². The molecule has 3 nitrogen and oxygen atoms in total. The fourth-order valence-electron chi connectivity index (χ4n) is 1.08. The van der Waals surface area contributed by atoms with E-state index in [1.807, 2.05) is 6.92 Å². The molecule has 86 valence electrons. The smallest absolute Gasteiger partial charge is 0.151 e. The summed E-state index contributed by atoms with van der Waals surface area (Å²) in [5, 5.41) is 3.14. The Morgan fingerprint density at radius 1 is 1.21 bits per heavy atom. The van der Waals surface area contributed by atoms with Gasteiger partial charge in [0.15, 0.2) is 9.84 Å². The first-order valence-electron chi connectivity index (χ1n) is 5.39. The minimum atomic E-state index is -2.80. The predicted molar refractivity (Wildman–Crippen MR) is 61.3 cm³/mol. The van der Waals surface area contributed by atoms with Crippen molar-refractivity contribution in [3.8, 4) is 0 Å². The number of rotatable bonds is 8. The van der Waals surface area contributed by atoms with Crippen LogP contribution in [0.25, 0.3) is 0 Å². The summed E-state index contributed by atoms with van der Waals surface area (Å²) >= 11 is 0. The molecule has 0 aromatic heterocycles. The molecule has 14 heavy (non-hydrogen) atoms. The minimum absolute atomic E-state index is 0.277. The highest BCUT2D eigenvalue weighted by Crippen LogP contribution is 1.96. The average molecular weight is 221 g/mol. The average Bonchev–Trinajstić information content (AvgIpc) is 2.09. The summed E-state index contributed by atoms with van der Waals surface area (Å²) in [6, 6.07) is 0. The molecule has 0 aliphatic heterocycles. The summed E-state index contributed by atoms with van der Waals surface area (Å²) in [4.78, 5) is 0. The third-order valence-electron chi connectivity index (χ3n) is 1.95. The standard InChI is InChI=1S/C10H23NO2S/c1-4-5-7-14(12,13)8-6-11-9-10(2)3/h10-11H,4-9H2,1-3H3. The lowest BCUT2D eigenvalue weighted by molar-refractivity contribution is 0.556. The first-order valence-corrected chi connectivity index (χ1v) is 7.21. The molecule has 0 spiro atoms. The maximum Gasteiger partial charge on any atom is 0.151 e. The van der Waals surface area contributed by atoms with Crippen LogP contribution in [0.1, 0.15) is 33.6 Å². The van der Waals surface area contributed by atoms with Gasteiger partial charge in [0, 0.05) is 6.54 Å². The SMILES string of the molecule is CCCCS(=O)(=O)CCNCC(C)C. The molecule has 0 heterocycles. The molecule has 4 heteroatoms. The Hall–Kier alpha value is -0.0900. The molecule has 0 aromatic carbocycles. The first-order chi connectivity index (χ1) is 6.48. The van der Waals surface area contributed by atoms with Gasteiger partial charge in [-0.3, -0.25) is 0 Å². The number of hydrogen-bond donors (Lipinski definition) is 1. The molecule has 0 amide bonds. The van der Waals surface area contributed by atoms with Crippen molar-refractivity contribution in [2.24, 2.45) is 5.92 Å². The van der Waals surface area contributed by atoms with E-state index in [4.69, 9.17) is 0 Å². The van der Waals surface area contributed by atoms with Crippen molar-refractivity contribution in [3.05, 3.63) is 0 Å². The highest BCUT2D eigenvalue weighted by molar-refractivity contribution is 7.91. The number of unbranched alkanes of at least 4 members (excludes halogenated alkanes) is 1. The van der Waals surface area contributed by atoms with E-state index in [2.05, 4.69) is 19.2 Å². The van der Waals surface area contributed by atoms with E-state index in [0.717, 1.165) is 19.4 Å². The summed E-state index contributed by atoms with van der Waals surface area (Å²) in [6.45, 7) is 7.71. The summed E-state index contributed by atoms with van der Waals surface area (Å²) < 4.78 is 22.8. The van der Waals surface area contributed by atoms with Crippen LogP contribution in [-0.4, -0.2) is 33.0 Å². The second-order valence-electron chi connectivity index (χ2n) is 4.10. The minimum Gasteiger partial charge on any atom is -0.315 e. The normalized spacial score (nSPS) is 12.3. The first kappa shape index (κ1) is 13.9. The Kier molecular flexibility index (Phi) is 7.19. The van der Waals surface area contributed by atoms with E-state index in [1.54, 1.807) is 0 Å². The van der Waals surface area contributed by atoms with Crippen LogP contribution in [0.5, 0.6) is 0 Å². The molecule has 0 rings (SSSR count). The monoisotopic (exact) mass is 221 g/mol. The third kappa shape index (κ3) is 8.51. The number of nitrogens with one attached hydrogen (secondary N) is 1. The van der Waals surface area contributed by atoms with Gasteiger partial charge in [0.2, 0.25) is 0 Å². The Morgan fingerprint density at radius 2 is 1.86 bits per heavy atom. The van der Waals surface area contributed by atoms with Crippen LogP contribution >= 0.6 is 0 Å². The molecule has 0 bridgehead atoms. The lowest BCUT2D eigenvalue weighted by Gasteiger charge is -2.07. The Bertz CT molecular complexity index is 222. The van der Waals surface area contributed by atoms with E-state index in [9.17, 15) is 8.42 Å². The molecule has 0 atom stereocenters. The van der Waals surface area contributed by atoms with E-state index in [-0.39, 0.29) is 5.75 Å². The van der Waals surface area contributed by atoms with Gasteiger partial charge in [-0.15, -0.1) is 0 Å². The molecule has 0 aliphatic carbocycles. The van der Waals surface area contributed by atoms with Crippen LogP contribution in [0.15, 0.2) is 0 Å². The number of sulfone groups is 1. The topological polar surface area (TPSA) is 46.2 Å². The zero-order chi connectivity index (χ0) is 11.0. The molecule has 0 aliphatic rings. The van der Waals surface area contributed by atoms with Gasteiger partial charge in [-0.05, 0) is 18.9 Å². The summed E-state index contributed by atoms with van der Waals surface area (Å²) in [6.07, 6.45) is 1.73. The van der Waals surface area contributed by atoms with E-state index >= 15 is 0 Å². The van der Waals surface area contributed by atoms with Gasteiger partial charge in [-0.25, -0.2) is 8.42 Å². The maximum atomic E-state index is 11.4. The largest absolute Gasteiger partial charge is 0.315 e. The Balaban J connectivity index is 3.56. The van der Waals surface area contributed by atoms with Gasteiger partial charge >= 0.3 is 0 Å². The van der Waals surface area contributed by atoms with Crippen molar-refractivity contribution in [2.75, 3.05) is 24.6 Å². The van der Waals surface area contributed by atoms with Gasteiger partial charge in [-0.2, -0.15) is 0 Å². The lowest BCUT2D eigenvalue weighted by Crippen LogP contribution is -2.27. The third-order valence-corrected chi connectivity index (χ3v) is 3.69. The highest BCUT2D eigenvalue weighted by Gasteiger charge is 2.08. The van der Waals surface area contributed by atoms with E-state index in [0.29, 0.717) is 18.2 Å². The molecular formula is C10H23NO2S. The van der Waals surface area contributed by atoms with Gasteiger partial charge < -0.3 is 5.32 Å². The summed E-state index contributed by atoms with van der Waals surface area (Å²) in [5.74, 6) is 1.19. The quantitative estimate of drug-likeness (QED) is 0.631. The van der Waals surface area contributed by atoms with Crippen molar-refractivity contribution >= 4 is 9.84 Å². The van der Waals surface area contributed by atoms with Crippen LogP contribution in [0.4, 0.5) is 0 Å². The molecule has 0 radical (unpaired) electrons. The zero-order valence-electron chi connectivity index (χ0n) is 9.54. The summed E-state index contributed by atoms with van der Waals surface area (Å²) in [5.41, 5.74) is 0. The van der Waals surface area contributed by atoms with Crippen molar-refractivity contribution in [1.29, 1.82) is 0 Å². The maximum absolute atomic E-state index is 11.4. The molecule has 1 N–H and O–H groups in total. The second kappa shape index (κ2) is 7.23. The molecule has 0 fully saturated rings. The van der Waals surface area contributed by atoms with E-state index in [1.165, 1.54) is 0 Å². The van der Waals surface area contributed by atoms with Crippen LogP contribution in [-0.2, 0) is 9.84 Å². The van der Waals surface area contributed by atoms with Gasteiger partial charge in [0.1, 0.15) is 0 Å². The Labute approximate surface area is 88.2 Å². The molecule has 0 aromatic rings.